The number of rotatable bonds is 1. The molecule has 1 saturated heterocycles. The van der Waals surface area contributed by atoms with E-state index in [4.69, 9.17) is 5.73 Å². The molecule has 1 aliphatic heterocycles. The zero-order valence-corrected chi connectivity index (χ0v) is 12.5. The quantitative estimate of drug-likeness (QED) is 0.820. The van der Waals surface area contributed by atoms with E-state index in [-0.39, 0.29) is 5.91 Å². The first-order chi connectivity index (χ1) is 10.7. The van der Waals surface area contributed by atoms with Gasteiger partial charge in [0.15, 0.2) is 0 Å². The van der Waals surface area contributed by atoms with Crippen LogP contribution in [0.5, 0.6) is 0 Å². The number of anilines is 1. The summed E-state index contributed by atoms with van der Waals surface area (Å²) in [4.78, 5) is 15.0. The molecule has 0 saturated carbocycles. The van der Waals surface area contributed by atoms with Crippen molar-refractivity contribution in [1.82, 2.24) is 4.90 Å². The SMILES string of the molecule is Nc1ccc(C(=O)N2CCC[C@@H]3c4ccccc4C[C@@H]32)cc1. The highest BCUT2D eigenvalue weighted by Gasteiger charge is 2.40. The van der Waals surface area contributed by atoms with Crippen molar-refractivity contribution >= 4 is 11.6 Å². The van der Waals surface area contributed by atoms with Crippen LogP contribution in [0.1, 0.15) is 40.2 Å². The Morgan fingerprint density at radius 2 is 1.86 bits per heavy atom. The van der Waals surface area contributed by atoms with E-state index in [1.54, 1.807) is 12.1 Å². The van der Waals surface area contributed by atoms with E-state index in [0.29, 0.717) is 17.6 Å². The topological polar surface area (TPSA) is 46.3 Å². The number of nitrogens with two attached hydrogens (primary N) is 1. The Hall–Kier alpha value is -2.29. The van der Waals surface area contributed by atoms with Gasteiger partial charge in [-0.25, -0.2) is 0 Å². The number of fused-ring (bicyclic) bond motifs is 3. The van der Waals surface area contributed by atoms with Gasteiger partial charge in [-0.3, -0.25) is 4.79 Å². The van der Waals surface area contributed by atoms with E-state index < -0.39 is 0 Å². The maximum absolute atomic E-state index is 12.9. The summed E-state index contributed by atoms with van der Waals surface area (Å²) in [5.74, 6) is 0.644. The number of hydrogen-bond acceptors (Lipinski definition) is 2. The molecule has 22 heavy (non-hydrogen) atoms. The molecule has 3 heteroatoms. The van der Waals surface area contributed by atoms with Gasteiger partial charge in [-0.2, -0.15) is 0 Å². The van der Waals surface area contributed by atoms with E-state index >= 15 is 0 Å². The number of piperidine rings is 1. The molecule has 0 unspecified atom stereocenters. The number of nitrogen functional groups attached to an aromatic ring is 1. The molecule has 1 aliphatic carbocycles. The number of amides is 1. The van der Waals surface area contributed by atoms with Crippen LogP contribution in [0, 0.1) is 0 Å². The predicted octanol–water partition coefficient (Wildman–Crippen LogP) is 3.21. The summed E-state index contributed by atoms with van der Waals surface area (Å²) < 4.78 is 0. The molecule has 2 N–H and O–H groups in total. The zero-order valence-electron chi connectivity index (χ0n) is 12.5. The summed E-state index contributed by atoms with van der Waals surface area (Å²) in [5.41, 5.74) is 10.0. The fraction of sp³-hybridized carbons (Fsp3) is 0.316. The van der Waals surface area contributed by atoms with Gasteiger partial charge in [0.05, 0.1) is 0 Å². The lowest BCUT2D eigenvalue weighted by molar-refractivity contribution is 0.0595. The Labute approximate surface area is 130 Å². The van der Waals surface area contributed by atoms with Gasteiger partial charge in [-0.15, -0.1) is 0 Å². The second kappa shape index (κ2) is 5.16. The van der Waals surface area contributed by atoms with Gasteiger partial charge in [-0.05, 0) is 54.7 Å². The first kappa shape index (κ1) is 13.4. The highest BCUT2D eigenvalue weighted by Crippen LogP contribution is 2.42. The van der Waals surface area contributed by atoms with Crippen LogP contribution in [0.25, 0.3) is 0 Å². The summed E-state index contributed by atoms with van der Waals surface area (Å²) >= 11 is 0. The minimum atomic E-state index is 0.141. The monoisotopic (exact) mass is 292 g/mol. The number of carbonyl (C=O) groups excluding carboxylic acids is 1. The summed E-state index contributed by atoms with van der Waals surface area (Å²) in [6.07, 6.45) is 3.25. The van der Waals surface area contributed by atoms with Crippen LogP contribution in [0.2, 0.25) is 0 Å². The molecule has 2 aliphatic rings. The third kappa shape index (κ3) is 2.08. The zero-order chi connectivity index (χ0) is 15.1. The highest BCUT2D eigenvalue weighted by molar-refractivity contribution is 5.95. The van der Waals surface area contributed by atoms with Crippen LogP contribution < -0.4 is 5.73 Å². The van der Waals surface area contributed by atoms with E-state index in [9.17, 15) is 4.79 Å². The summed E-state index contributed by atoms with van der Waals surface area (Å²) in [6.45, 7) is 0.859. The first-order valence-corrected chi connectivity index (χ1v) is 7.98. The maximum atomic E-state index is 12.9. The van der Waals surface area contributed by atoms with E-state index in [1.165, 1.54) is 17.5 Å². The van der Waals surface area contributed by atoms with Crippen LogP contribution in [0.4, 0.5) is 5.69 Å². The van der Waals surface area contributed by atoms with Gasteiger partial charge in [-0.1, -0.05) is 24.3 Å². The molecule has 4 rings (SSSR count). The third-order valence-electron chi connectivity index (χ3n) is 5.08. The van der Waals surface area contributed by atoms with Crippen molar-refractivity contribution in [2.75, 3.05) is 12.3 Å². The fourth-order valence-electron chi connectivity index (χ4n) is 4.02. The molecule has 1 fully saturated rings. The van der Waals surface area contributed by atoms with Crippen LogP contribution >= 0.6 is 0 Å². The predicted molar refractivity (Wildman–Crippen MR) is 87.8 cm³/mol. The lowest BCUT2D eigenvalue weighted by atomic mass is 9.88. The molecular weight excluding hydrogens is 272 g/mol. The van der Waals surface area contributed by atoms with Crippen LogP contribution in [-0.4, -0.2) is 23.4 Å². The lowest BCUT2D eigenvalue weighted by Crippen LogP contribution is -2.46. The molecule has 0 bridgehead atoms. The summed E-state index contributed by atoms with van der Waals surface area (Å²) in [7, 11) is 0. The Morgan fingerprint density at radius 3 is 2.68 bits per heavy atom. The number of carbonyl (C=O) groups is 1. The molecule has 0 spiro atoms. The third-order valence-corrected chi connectivity index (χ3v) is 5.08. The molecule has 0 radical (unpaired) electrons. The minimum Gasteiger partial charge on any atom is -0.399 e. The van der Waals surface area contributed by atoms with Crippen molar-refractivity contribution < 1.29 is 4.79 Å². The average Bonchev–Trinajstić information content (AvgIpc) is 2.93. The van der Waals surface area contributed by atoms with Gasteiger partial charge in [0.1, 0.15) is 0 Å². The number of hydrogen-bond donors (Lipinski definition) is 1. The fourth-order valence-corrected chi connectivity index (χ4v) is 4.02. The lowest BCUT2D eigenvalue weighted by Gasteiger charge is -2.38. The molecule has 1 amide bonds. The molecule has 2 atom stereocenters. The van der Waals surface area contributed by atoms with Gasteiger partial charge in [0.25, 0.3) is 5.91 Å². The maximum Gasteiger partial charge on any atom is 0.254 e. The van der Waals surface area contributed by atoms with Crippen molar-refractivity contribution in [3.63, 3.8) is 0 Å². The van der Waals surface area contributed by atoms with Crippen molar-refractivity contribution in [1.29, 1.82) is 0 Å². The molecule has 112 valence electrons. The van der Waals surface area contributed by atoms with Gasteiger partial charge < -0.3 is 10.6 Å². The number of likely N-dealkylation sites (tertiary alicyclic amines) is 1. The molecule has 1 heterocycles. The largest absolute Gasteiger partial charge is 0.399 e. The second-order valence-corrected chi connectivity index (χ2v) is 6.34. The van der Waals surface area contributed by atoms with Gasteiger partial charge >= 0.3 is 0 Å². The van der Waals surface area contributed by atoms with E-state index in [0.717, 1.165) is 24.9 Å². The Balaban J connectivity index is 1.63. The number of nitrogens with zero attached hydrogens (tertiary/aromatic N) is 1. The normalized spacial score (nSPS) is 23.0. The van der Waals surface area contributed by atoms with Crippen molar-refractivity contribution in [3.05, 3.63) is 65.2 Å². The van der Waals surface area contributed by atoms with Gasteiger partial charge in [0, 0.05) is 29.8 Å². The molecule has 2 aromatic rings. The van der Waals surface area contributed by atoms with Crippen molar-refractivity contribution in [3.8, 4) is 0 Å². The van der Waals surface area contributed by atoms with E-state index in [2.05, 4.69) is 29.2 Å². The van der Waals surface area contributed by atoms with Crippen LogP contribution in [0.3, 0.4) is 0 Å². The highest BCUT2D eigenvalue weighted by atomic mass is 16.2. The smallest absolute Gasteiger partial charge is 0.254 e. The summed E-state index contributed by atoms with van der Waals surface area (Å²) in [5, 5.41) is 0. The Morgan fingerprint density at radius 1 is 1.09 bits per heavy atom. The standard InChI is InChI=1S/C19H20N2O/c20-15-9-7-13(8-10-15)19(22)21-11-3-6-17-16-5-2-1-4-14(16)12-18(17)21/h1-2,4-5,7-10,17-18H,3,6,11-12,20H2/t17-,18+/m1/s1. The average molecular weight is 292 g/mol. The molecular formula is C19H20N2O. The van der Waals surface area contributed by atoms with Crippen LogP contribution in [0.15, 0.2) is 48.5 Å². The minimum absolute atomic E-state index is 0.141. The Kier molecular flexibility index (Phi) is 3.14. The molecule has 2 aromatic carbocycles. The van der Waals surface area contributed by atoms with Crippen molar-refractivity contribution in [2.45, 2.75) is 31.2 Å². The first-order valence-electron chi connectivity index (χ1n) is 7.98. The Bertz CT molecular complexity index is 708. The van der Waals surface area contributed by atoms with Crippen LogP contribution in [-0.2, 0) is 6.42 Å². The summed E-state index contributed by atoms with van der Waals surface area (Å²) in [6, 6.07) is 16.3. The molecule has 0 aromatic heterocycles. The van der Waals surface area contributed by atoms with Crippen molar-refractivity contribution in [2.24, 2.45) is 0 Å². The van der Waals surface area contributed by atoms with E-state index in [1.807, 2.05) is 12.1 Å². The molecule has 3 nitrogen and oxygen atoms in total. The van der Waals surface area contributed by atoms with Gasteiger partial charge in [0.2, 0.25) is 0 Å². The second-order valence-electron chi connectivity index (χ2n) is 6.34. The number of benzene rings is 2.